The van der Waals surface area contributed by atoms with Gasteiger partial charge < -0.3 is 17.2 Å². The Morgan fingerprint density at radius 1 is 0.208 bits per heavy atom. The standard InChI is InChI=1S/C17H39NSi.C14H33NSi.C11H27NSi/c1-19(2)17-15-13-11-9-7-5-3-4-6-8-10-12-14-16-18;1-16(2)14-12-10-8-6-4-3-5-7-9-11-13-15;1-13(2)11-9-7-5-3-4-6-8-10-12/h19H,3-18H2,1-2H3;16H,3-15H2,1-2H3;13H,3-12H2,1-2H3. The van der Waals surface area contributed by atoms with Crippen LogP contribution >= 0.6 is 0 Å². The summed E-state index contributed by atoms with van der Waals surface area (Å²) in [6, 6.07) is 4.66. The number of nitrogens with two attached hydrogens (primary N) is 3. The molecule has 0 unspecified atom stereocenters. The molecule has 0 aromatic rings. The van der Waals surface area contributed by atoms with Crippen LogP contribution in [-0.2, 0) is 0 Å². The van der Waals surface area contributed by atoms with E-state index in [0.29, 0.717) is 0 Å². The van der Waals surface area contributed by atoms with E-state index in [1.807, 2.05) is 0 Å². The van der Waals surface area contributed by atoms with Crippen LogP contribution in [0.1, 0.15) is 193 Å². The molecule has 0 fully saturated rings. The quantitative estimate of drug-likeness (QED) is 0.0444. The summed E-state index contributed by atoms with van der Waals surface area (Å²) in [5.74, 6) is 0. The molecule has 0 aromatic heterocycles. The van der Waals surface area contributed by atoms with Crippen LogP contribution in [0.2, 0.25) is 57.4 Å². The first kappa shape index (κ1) is 52.9. The molecule has 6 heteroatoms. The van der Waals surface area contributed by atoms with Gasteiger partial charge in [-0.25, -0.2) is 0 Å². The maximum atomic E-state index is 5.48. The summed E-state index contributed by atoms with van der Waals surface area (Å²) in [5.41, 5.74) is 16.4. The molecule has 0 saturated carbocycles. The highest BCUT2D eigenvalue weighted by Crippen LogP contribution is 2.14. The highest BCUT2D eigenvalue weighted by Gasteiger charge is 1.98. The fourth-order valence-corrected chi connectivity index (χ4v) is 9.65. The van der Waals surface area contributed by atoms with Gasteiger partial charge in [0.2, 0.25) is 0 Å². The Morgan fingerprint density at radius 2 is 0.333 bits per heavy atom. The van der Waals surface area contributed by atoms with Gasteiger partial charge >= 0.3 is 0 Å². The largest absolute Gasteiger partial charge is 0.330 e. The number of hydrogen-bond acceptors (Lipinski definition) is 3. The van der Waals surface area contributed by atoms with E-state index in [-0.39, 0.29) is 26.4 Å². The van der Waals surface area contributed by atoms with Crippen molar-refractivity contribution in [3.05, 3.63) is 0 Å². The maximum Gasteiger partial charge on any atom is 0.0305 e. The molecule has 0 saturated heterocycles. The molecule has 0 spiro atoms. The first-order chi connectivity index (χ1) is 23.3. The Hall–Kier alpha value is 0.531. The fourth-order valence-electron chi connectivity index (χ4n) is 6.33. The third kappa shape index (κ3) is 61.7. The first-order valence-electron chi connectivity index (χ1n) is 22.4. The zero-order valence-corrected chi connectivity index (χ0v) is 38.4. The predicted octanol–water partition coefficient (Wildman–Crippen LogP) is 13.0. The molecule has 3 nitrogen and oxygen atoms in total. The van der Waals surface area contributed by atoms with Gasteiger partial charge in [0.05, 0.1) is 0 Å². The van der Waals surface area contributed by atoms with E-state index in [9.17, 15) is 0 Å². The summed E-state index contributed by atoms with van der Waals surface area (Å²) >= 11 is 0. The van der Waals surface area contributed by atoms with Crippen LogP contribution in [0.5, 0.6) is 0 Å². The molecule has 0 radical (unpaired) electrons. The summed E-state index contributed by atoms with van der Waals surface area (Å²) < 4.78 is 0. The Balaban J connectivity index is -0.000000645. The van der Waals surface area contributed by atoms with Crippen molar-refractivity contribution < 1.29 is 0 Å². The van der Waals surface area contributed by atoms with E-state index in [4.69, 9.17) is 17.2 Å². The molecular weight excluding hydrogens is 631 g/mol. The van der Waals surface area contributed by atoms with Gasteiger partial charge in [0.25, 0.3) is 0 Å². The van der Waals surface area contributed by atoms with Gasteiger partial charge in [-0.3, -0.25) is 0 Å². The van der Waals surface area contributed by atoms with E-state index in [1.54, 1.807) is 18.1 Å². The normalized spacial score (nSPS) is 11.2. The zero-order chi connectivity index (χ0) is 36.2. The van der Waals surface area contributed by atoms with E-state index >= 15 is 0 Å². The van der Waals surface area contributed by atoms with E-state index in [2.05, 4.69) is 39.3 Å². The van der Waals surface area contributed by atoms with Gasteiger partial charge in [-0.05, 0) is 38.9 Å². The summed E-state index contributed by atoms with van der Waals surface area (Å²) in [7, 11) is -0.786. The van der Waals surface area contributed by atoms with E-state index in [0.717, 1.165) is 19.6 Å². The van der Waals surface area contributed by atoms with Gasteiger partial charge in [0.15, 0.2) is 0 Å². The van der Waals surface area contributed by atoms with Gasteiger partial charge in [-0.2, -0.15) is 0 Å². The SMILES string of the molecule is C[SiH](C)CCCCCCCCCCCCCCCN.C[SiH](C)CCCCCCCCCCCCN.C[SiH](C)CCCCCCCCCN. The molecule has 0 bridgehead atoms. The number of unbranched alkanes of at least 4 members (excludes halogenated alkanes) is 27. The van der Waals surface area contributed by atoms with Gasteiger partial charge in [-0.15, -0.1) is 0 Å². The van der Waals surface area contributed by atoms with Crippen LogP contribution in [0, 0.1) is 0 Å². The average molecular weight is 731 g/mol. The lowest BCUT2D eigenvalue weighted by Gasteiger charge is -2.04. The molecule has 294 valence electrons. The third-order valence-corrected chi connectivity index (χ3v) is 14.4. The summed E-state index contributed by atoms with van der Waals surface area (Å²) in [6.07, 6.45) is 42.7. The summed E-state index contributed by atoms with van der Waals surface area (Å²) in [4.78, 5) is 0. The lowest BCUT2D eigenvalue weighted by atomic mass is 10.0. The lowest BCUT2D eigenvalue weighted by molar-refractivity contribution is 0.540. The molecule has 0 atom stereocenters. The topological polar surface area (TPSA) is 78.1 Å². The van der Waals surface area contributed by atoms with Crippen LogP contribution in [-0.4, -0.2) is 46.0 Å². The first-order valence-corrected chi connectivity index (χ1v) is 31.8. The smallest absolute Gasteiger partial charge is 0.0305 e. The van der Waals surface area contributed by atoms with Crippen molar-refractivity contribution in [2.75, 3.05) is 19.6 Å². The second-order valence-corrected chi connectivity index (χ2v) is 26.6. The van der Waals surface area contributed by atoms with Gasteiger partial charge in [0, 0.05) is 26.4 Å². The minimum absolute atomic E-state index is 0.257. The molecular formula is C42H99N3Si3. The van der Waals surface area contributed by atoms with Crippen molar-refractivity contribution in [2.45, 2.75) is 250 Å². The van der Waals surface area contributed by atoms with Crippen LogP contribution < -0.4 is 17.2 Å². The Morgan fingerprint density at radius 3 is 0.458 bits per heavy atom. The van der Waals surface area contributed by atoms with Gasteiger partial charge in [0.1, 0.15) is 0 Å². The molecule has 0 heterocycles. The second kappa shape index (κ2) is 49.6. The minimum atomic E-state index is -0.267. The number of hydrogen-bond donors (Lipinski definition) is 3. The maximum absolute atomic E-state index is 5.48. The Kier molecular flexibility index (Phi) is 54.7. The van der Waals surface area contributed by atoms with Crippen molar-refractivity contribution in [3.63, 3.8) is 0 Å². The predicted molar refractivity (Wildman–Crippen MR) is 237 cm³/mol. The molecule has 6 N–H and O–H groups in total. The second-order valence-electron chi connectivity index (χ2n) is 16.5. The molecule has 0 aliphatic heterocycles. The average Bonchev–Trinajstić information content (AvgIpc) is 3.05. The molecule has 48 heavy (non-hydrogen) atoms. The van der Waals surface area contributed by atoms with Crippen LogP contribution in [0.3, 0.4) is 0 Å². The van der Waals surface area contributed by atoms with Crippen molar-refractivity contribution in [1.29, 1.82) is 0 Å². The van der Waals surface area contributed by atoms with Crippen molar-refractivity contribution in [1.82, 2.24) is 0 Å². The zero-order valence-electron chi connectivity index (χ0n) is 34.9. The summed E-state index contributed by atoms with van der Waals surface area (Å²) in [5, 5.41) is 0. The Labute approximate surface area is 312 Å². The molecule has 0 aliphatic rings. The van der Waals surface area contributed by atoms with Gasteiger partial charge in [-0.1, -0.05) is 231 Å². The Bertz CT molecular complexity index is 520. The molecule has 0 rings (SSSR count). The van der Waals surface area contributed by atoms with E-state index in [1.165, 1.54) is 193 Å². The fraction of sp³-hybridized carbons (Fsp3) is 1.00. The van der Waals surface area contributed by atoms with Crippen LogP contribution in [0.4, 0.5) is 0 Å². The van der Waals surface area contributed by atoms with Crippen LogP contribution in [0.25, 0.3) is 0 Å². The lowest BCUT2D eigenvalue weighted by Crippen LogP contribution is -1.98. The van der Waals surface area contributed by atoms with Crippen molar-refractivity contribution in [3.8, 4) is 0 Å². The number of rotatable bonds is 36. The van der Waals surface area contributed by atoms with Crippen LogP contribution in [0.15, 0.2) is 0 Å². The summed E-state index contributed by atoms with van der Waals surface area (Å²) in [6.45, 7) is 17.4. The molecule has 0 aliphatic carbocycles. The highest BCUT2D eigenvalue weighted by molar-refractivity contribution is 6.56. The molecule has 0 amide bonds. The highest BCUT2D eigenvalue weighted by atomic mass is 28.3. The van der Waals surface area contributed by atoms with Crippen molar-refractivity contribution >= 4 is 26.4 Å². The van der Waals surface area contributed by atoms with Crippen molar-refractivity contribution in [2.24, 2.45) is 17.2 Å². The van der Waals surface area contributed by atoms with E-state index < -0.39 is 0 Å². The monoisotopic (exact) mass is 730 g/mol. The third-order valence-electron chi connectivity index (χ3n) is 9.71. The minimum Gasteiger partial charge on any atom is -0.330 e. The molecule has 0 aromatic carbocycles.